The maximum atomic E-state index is 5.51. The molecule has 20 heavy (non-hydrogen) atoms. The number of nitrogens with one attached hydrogen (secondary N) is 2. The highest BCUT2D eigenvalue weighted by Crippen LogP contribution is 2.23. The van der Waals surface area contributed by atoms with E-state index in [2.05, 4.69) is 29.1 Å². The van der Waals surface area contributed by atoms with Crippen molar-refractivity contribution >= 4 is 22.8 Å². The average molecular weight is 293 g/mol. The Kier molecular flexibility index (Phi) is 5.73. The largest absolute Gasteiger partial charge is 0.494 e. The fraction of sp³-hybridized carbons (Fsp3) is 0.533. The number of ether oxygens (including phenoxy) is 1. The molecule has 0 radical (unpaired) electrons. The van der Waals surface area contributed by atoms with E-state index in [1.54, 1.807) is 11.8 Å². The van der Waals surface area contributed by atoms with Crippen molar-refractivity contribution in [3.05, 3.63) is 18.2 Å². The lowest BCUT2D eigenvalue weighted by atomic mass is 10.2. The zero-order chi connectivity index (χ0) is 14.4. The summed E-state index contributed by atoms with van der Waals surface area (Å²) in [5.41, 5.74) is 2.03. The van der Waals surface area contributed by atoms with Crippen LogP contribution in [0.3, 0.4) is 0 Å². The first kappa shape index (κ1) is 15.2. The second-order valence-corrected chi connectivity index (χ2v) is 5.64. The molecule has 110 valence electrons. The van der Waals surface area contributed by atoms with Gasteiger partial charge in [-0.1, -0.05) is 25.6 Å². The van der Waals surface area contributed by atoms with Crippen LogP contribution in [-0.4, -0.2) is 34.9 Å². The Morgan fingerprint density at radius 2 is 2.20 bits per heavy atom. The van der Waals surface area contributed by atoms with Gasteiger partial charge in [0.2, 0.25) is 0 Å². The molecule has 0 aliphatic rings. The average Bonchev–Trinajstić information content (AvgIpc) is 2.86. The normalized spacial score (nSPS) is 12.8. The molecular weight excluding hydrogens is 270 g/mol. The van der Waals surface area contributed by atoms with Gasteiger partial charge in [-0.3, -0.25) is 0 Å². The van der Waals surface area contributed by atoms with Gasteiger partial charge in [-0.2, -0.15) is 0 Å². The van der Waals surface area contributed by atoms with Crippen molar-refractivity contribution in [3.63, 3.8) is 0 Å². The van der Waals surface area contributed by atoms with Crippen molar-refractivity contribution in [3.8, 4) is 5.75 Å². The molecule has 1 heterocycles. The Morgan fingerprint density at radius 1 is 1.35 bits per heavy atom. The van der Waals surface area contributed by atoms with Gasteiger partial charge < -0.3 is 15.0 Å². The minimum absolute atomic E-state index is 0.539. The first-order valence-corrected chi connectivity index (χ1v) is 8.24. The first-order chi connectivity index (χ1) is 9.76. The van der Waals surface area contributed by atoms with E-state index in [9.17, 15) is 0 Å². The fourth-order valence-corrected chi connectivity index (χ4v) is 3.14. The van der Waals surface area contributed by atoms with E-state index in [0.717, 1.165) is 40.7 Å². The molecule has 0 bridgehead atoms. The summed E-state index contributed by atoms with van der Waals surface area (Å²) in [6.07, 6.45) is 1.13. The summed E-state index contributed by atoms with van der Waals surface area (Å²) in [5.74, 6) is 1.92. The number of H-pyrrole nitrogens is 1. The first-order valence-electron chi connectivity index (χ1n) is 7.25. The summed E-state index contributed by atoms with van der Waals surface area (Å²) in [6, 6.07) is 6.52. The number of benzene rings is 1. The van der Waals surface area contributed by atoms with Crippen LogP contribution in [0.2, 0.25) is 0 Å². The van der Waals surface area contributed by atoms with Gasteiger partial charge >= 0.3 is 0 Å². The van der Waals surface area contributed by atoms with Crippen LogP contribution in [-0.2, 0) is 0 Å². The van der Waals surface area contributed by atoms with Crippen LogP contribution in [0.15, 0.2) is 23.4 Å². The highest BCUT2D eigenvalue weighted by atomic mass is 32.2. The Bertz CT molecular complexity index is 541. The lowest BCUT2D eigenvalue weighted by Gasteiger charge is -2.13. The second kappa shape index (κ2) is 7.55. The van der Waals surface area contributed by atoms with E-state index in [0.29, 0.717) is 12.6 Å². The third-order valence-corrected chi connectivity index (χ3v) is 4.19. The molecule has 2 N–H and O–H groups in total. The van der Waals surface area contributed by atoms with Crippen molar-refractivity contribution in [1.82, 2.24) is 15.3 Å². The molecule has 0 saturated carbocycles. The second-order valence-electron chi connectivity index (χ2n) is 4.63. The molecule has 0 saturated heterocycles. The zero-order valence-corrected chi connectivity index (χ0v) is 13.2. The molecule has 0 aliphatic heterocycles. The van der Waals surface area contributed by atoms with Gasteiger partial charge in [0.15, 0.2) is 5.16 Å². The van der Waals surface area contributed by atoms with E-state index < -0.39 is 0 Å². The molecule has 5 heteroatoms. The SMILES string of the molecule is CCNC(CC)CSc1nc2ccc(OCC)cc2[nH]1. The highest BCUT2D eigenvalue weighted by molar-refractivity contribution is 7.99. The minimum Gasteiger partial charge on any atom is -0.494 e. The van der Waals surface area contributed by atoms with Crippen LogP contribution < -0.4 is 10.1 Å². The van der Waals surface area contributed by atoms with Gasteiger partial charge in [0.1, 0.15) is 5.75 Å². The summed E-state index contributed by atoms with van der Waals surface area (Å²) in [7, 11) is 0. The topological polar surface area (TPSA) is 49.9 Å². The number of rotatable bonds is 8. The summed E-state index contributed by atoms with van der Waals surface area (Å²) >= 11 is 1.77. The predicted molar refractivity (Wildman–Crippen MR) is 85.7 cm³/mol. The smallest absolute Gasteiger partial charge is 0.166 e. The number of hydrogen-bond acceptors (Lipinski definition) is 4. The molecule has 4 nitrogen and oxygen atoms in total. The summed E-state index contributed by atoms with van der Waals surface area (Å²) in [6.45, 7) is 8.04. The minimum atomic E-state index is 0.539. The molecule has 0 amide bonds. The van der Waals surface area contributed by atoms with E-state index in [1.165, 1.54) is 0 Å². The predicted octanol–water partition coefficient (Wildman–Crippen LogP) is 3.44. The Balaban J connectivity index is 2.03. The third-order valence-electron chi connectivity index (χ3n) is 3.15. The molecule has 0 spiro atoms. The van der Waals surface area contributed by atoms with Crippen LogP contribution in [0.1, 0.15) is 27.2 Å². The van der Waals surface area contributed by atoms with Gasteiger partial charge in [-0.25, -0.2) is 4.98 Å². The summed E-state index contributed by atoms with van der Waals surface area (Å²) in [5, 5.41) is 4.46. The van der Waals surface area contributed by atoms with Crippen LogP contribution in [0.25, 0.3) is 11.0 Å². The highest BCUT2D eigenvalue weighted by Gasteiger charge is 2.09. The Morgan fingerprint density at radius 3 is 2.90 bits per heavy atom. The van der Waals surface area contributed by atoms with Crippen LogP contribution in [0.4, 0.5) is 0 Å². The van der Waals surface area contributed by atoms with Crippen molar-refractivity contribution in [2.45, 2.75) is 38.4 Å². The Hall–Kier alpha value is -1.20. The number of hydrogen-bond donors (Lipinski definition) is 2. The van der Waals surface area contributed by atoms with E-state index in [4.69, 9.17) is 4.74 Å². The van der Waals surface area contributed by atoms with Crippen LogP contribution in [0, 0.1) is 0 Å². The van der Waals surface area contributed by atoms with Crippen molar-refractivity contribution in [1.29, 1.82) is 0 Å². The van der Waals surface area contributed by atoms with Gasteiger partial charge in [0.05, 0.1) is 17.6 Å². The maximum Gasteiger partial charge on any atom is 0.166 e. The molecule has 1 atom stereocenters. The Labute approximate surface area is 124 Å². The van der Waals surface area contributed by atoms with Gasteiger partial charge in [-0.05, 0) is 32.0 Å². The molecule has 1 aromatic heterocycles. The summed E-state index contributed by atoms with van der Waals surface area (Å²) in [4.78, 5) is 7.96. The zero-order valence-electron chi connectivity index (χ0n) is 12.4. The van der Waals surface area contributed by atoms with Gasteiger partial charge in [0, 0.05) is 17.9 Å². The molecule has 2 aromatic rings. The van der Waals surface area contributed by atoms with Crippen LogP contribution >= 0.6 is 11.8 Å². The number of nitrogens with zero attached hydrogens (tertiary/aromatic N) is 1. The number of fused-ring (bicyclic) bond motifs is 1. The molecule has 0 fully saturated rings. The molecule has 2 rings (SSSR count). The van der Waals surface area contributed by atoms with E-state index in [1.807, 2.05) is 25.1 Å². The quantitative estimate of drug-likeness (QED) is 0.732. The molecule has 1 aromatic carbocycles. The standard InChI is InChI=1S/C15H23N3OS/c1-4-11(16-5-2)10-20-15-17-13-8-7-12(19-6-3)9-14(13)18-15/h7-9,11,16H,4-6,10H2,1-3H3,(H,17,18). The fourth-order valence-electron chi connectivity index (χ4n) is 2.08. The van der Waals surface area contributed by atoms with Gasteiger partial charge in [0.25, 0.3) is 0 Å². The maximum absolute atomic E-state index is 5.51. The molecule has 1 unspecified atom stereocenters. The monoisotopic (exact) mass is 293 g/mol. The molecular formula is C15H23N3OS. The number of aromatic nitrogens is 2. The van der Waals surface area contributed by atoms with Crippen molar-refractivity contribution in [2.24, 2.45) is 0 Å². The molecule has 0 aliphatic carbocycles. The van der Waals surface area contributed by atoms with E-state index in [-0.39, 0.29) is 0 Å². The lowest BCUT2D eigenvalue weighted by Crippen LogP contribution is -2.30. The van der Waals surface area contributed by atoms with Crippen molar-refractivity contribution < 1.29 is 4.74 Å². The lowest BCUT2D eigenvalue weighted by molar-refractivity contribution is 0.340. The number of aromatic amines is 1. The third kappa shape index (κ3) is 3.90. The van der Waals surface area contributed by atoms with Crippen LogP contribution in [0.5, 0.6) is 5.75 Å². The van der Waals surface area contributed by atoms with Crippen molar-refractivity contribution in [2.75, 3.05) is 18.9 Å². The van der Waals surface area contributed by atoms with Gasteiger partial charge in [-0.15, -0.1) is 0 Å². The number of imidazole rings is 1. The number of thioether (sulfide) groups is 1. The van der Waals surface area contributed by atoms with E-state index >= 15 is 0 Å². The summed E-state index contributed by atoms with van der Waals surface area (Å²) < 4.78 is 5.51.